The van der Waals surface area contributed by atoms with Crippen molar-refractivity contribution >= 4 is 0 Å². The van der Waals surface area contributed by atoms with Gasteiger partial charge in [-0.2, -0.15) is 0 Å². The van der Waals surface area contributed by atoms with Crippen molar-refractivity contribution in [3.8, 4) is 5.75 Å². The summed E-state index contributed by atoms with van der Waals surface area (Å²) in [4.78, 5) is 8.66. The van der Waals surface area contributed by atoms with E-state index < -0.39 is 0 Å². The summed E-state index contributed by atoms with van der Waals surface area (Å²) in [5, 5.41) is 3.32. The molecular formula is C15H17N3O. The van der Waals surface area contributed by atoms with Crippen LogP contribution >= 0.6 is 0 Å². The van der Waals surface area contributed by atoms with Crippen LogP contribution in [-0.4, -0.2) is 23.6 Å². The van der Waals surface area contributed by atoms with Crippen LogP contribution in [0.5, 0.6) is 5.75 Å². The number of benzene rings is 1. The van der Waals surface area contributed by atoms with Gasteiger partial charge in [0.05, 0.1) is 18.3 Å². The average molecular weight is 255 g/mol. The van der Waals surface area contributed by atoms with Crippen LogP contribution in [0.25, 0.3) is 0 Å². The minimum absolute atomic E-state index is 0.0904. The molecule has 1 unspecified atom stereocenters. The summed E-state index contributed by atoms with van der Waals surface area (Å²) in [5.41, 5.74) is 3.49. The van der Waals surface area contributed by atoms with E-state index in [9.17, 15) is 0 Å². The van der Waals surface area contributed by atoms with Gasteiger partial charge >= 0.3 is 0 Å². The van der Waals surface area contributed by atoms with Gasteiger partial charge in [0.1, 0.15) is 11.6 Å². The van der Waals surface area contributed by atoms with E-state index in [0.29, 0.717) is 0 Å². The minimum Gasteiger partial charge on any atom is -0.493 e. The third-order valence-corrected chi connectivity index (χ3v) is 3.43. The van der Waals surface area contributed by atoms with Crippen molar-refractivity contribution in [3.63, 3.8) is 0 Å². The van der Waals surface area contributed by atoms with Gasteiger partial charge in [-0.3, -0.25) is 0 Å². The van der Waals surface area contributed by atoms with Crippen LogP contribution in [0, 0.1) is 6.92 Å². The molecule has 3 rings (SSSR count). The fraction of sp³-hybridized carbons (Fsp3) is 0.333. The second kappa shape index (κ2) is 4.97. The smallest absolute Gasteiger partial charge is 0.125 e. The zero-order valence-electron chi connectivity index (χ0n) is 11.2. The number of ether oxygens (including phenoxy) is 1. The Labute approximate surface area is 112 Å². The molecule has 0 fully saturated rings. The quantitative estimate of drug-likeness (QED) is 0.911. The molecule has 1 atom stereocenters. The summed E-state index contributed by atoms with van der Waals surface area (Å²) in [5.74, 6) is 1.81. The number of nitrogens with zero attached hydrogens (tertiary/aromatic N) is 2. The average Bonchev–Trinajstić information content (AvgIpc) is 2.87. The van der Waals surface area contributed by atoms with Gasteiger partial charge in [0, 0.05) is 12.6 Å². The predicted octanol–water partition coefficient (Wildman–Crippen LogP) is 2.03. The molecule has 1 aliphatic rings. The number of nitrogens with one attached hydrogen (secondary N) is 1. The van der Waals surface area contributed by atoms with Crippen molar-refractivity contribution in [2.45, 2.75) is 19.4 Å². The summed E-state index contributed by atoms with van der Waals surface area (Å²) >= 11 is 0. The largest absolute Gasteiger partial charge is 0.493 e. The molecule has 0 amide bonds. The van der Waals surface area contributed by atoms with Crippen LogP contribution in [0.4, 0.5) is 0 Å². The first-order valence-electron chi connectivity index (χ1n) is 6.50. The van der Waals surface area contributed by atoms with Gasteiger partial charge in [0.25, 0.3) is 0 Å². The molecule has 1 aliphatic heterocycles. The molecule has 0 saturated heterocycles. The molecule has 1 N–H and O–H groups in total. The Hall–Kier alpha value is -1.94. The third-order valence-electron chi connectivity index (χ3n) is 3.43. The predicted molar refractivity (Wildman–Crippen MR) is 73.3 cm³/mol. The monoisotopic (exact) mass is 255 g/mol. The van der Waals surface area contributed by atoms with E-state index in [4.69, 9.17) is 4.74 Å². The second-order valence-corrected chi connectivity index (χ2v) is 4.72. The van der Waals surface area contributed by atoms with Gasteiger partial charge in [-0.25, -0.2) is 9.97 Å². The first-order valence-corrected chi connectivity index (χ1v) is 6.50. The van der Waals surface area contributed by atoms with Crippen molar-refractivity contribution in [1.29, 1.82) is 0 Å². The Balaban J connectivity index is 1.98. The highest BCUT2D eigenvalue weighted by Crippen LogP contribution is 2.29. The van der Waals surface area contributed by atoms with Gasteiger partial charge in [-0.05, 0) is 37.2 Å². The van der Waals surface area contributed by atoms with Crippen molar-refractivity contribution in [3.05, 3.63) is 53.1 Å². The normalized spacial score (nSPS) is 14.8. The molecule has 1 aromatic heterocycles. The summed E-state index contributed by atoms with van der Waals surface area (Å²) in [6, 6.07) is 8.41. The van der Waals surface area contributed by atoms with Gasteiger partial charge in [0.2, 0.25) is 0 Å². The molecule has 1 aromatic carbocycles. The molecule has 19 heavy (non-hydrogen) atoms. The first-order chi connectivity index (χ1) is 9.28. The molecule has 0 bridgehead atoms. The van der Waals surface area contributed by atoms with E-state index in [-0.39, 0.29) is 6.04 Å². The number of fused-ring (bicyclic) bond motifs is 1. The highest BCUT2D eigenvalue weighted by molar-refractivity contribution is 5.42. The fourth-order valence-corrected chi connectivity index (χ4v) is 2.51. The van der Waals surface area contributed by atoms with Crippen molar-refractivity contribution < 1.29 is 4.74 Å². The molecule has 0 spiro atoms. The number of hydrogen-bond donors (Lipinski definition) is 1. The van der Waals surface area contributed by atoms with Crippen molar-refractivity contribution in [2.75, 3.05) is 13.7 Å². The maximum absolute atomic E-state index is 5.55. The molecular weight excluding hydrogens is 238 g/mol. The molecule has 0 saturated carbocycles. The lowest BCUT2D eigenvalue weighted by Gasteiger charge is -2.17. The van der Waals surface area contributed by atoms with E-state index in [1.54, 1.807) is 6.20 Å². The van der Waals surface area contributed by atoms with E-state index in [1.807, 2.05) is 20.0 Å². The maximum Gasteiger partial charge on any atom is 0.125 e. The molecule has 2 heterocycles. The van der Waals surface area contributed by atoms with E-state index in [0.717, 1.165) is 30.3 Å². The lowest BCUT2D eigenvalue weighted by Crippen LogP contribution is -2.19. The molecule has 4 nitrogen and oxygen atoms in total. The van der Waals surface area contributed by atoms with Gasteiger partial charge in [0.15, 0.2) is 0 Å². The Kier molecular flexibility index (Phi) is 3.17. The molecule has 4 heteroatoms. The zero-order valence-corrected chi connectivity index (χ0v) is 11.2. The Morgan fingerprint density at radius 3 is 3.00 bits per heavy atom. The summed E-state index contributed by atoms with van der Waals surface area (Å²) < 4.78 is 5.55. The first kappa shape index (κ1) is 12.1. The molecule has 0 radical (unpaired) electrons. The Morgan fingerprint density at radius 2 is 2.21 bits per heavy atom. The lowest BCUT2D eigenvalue weighted by molar-refractivity contribution is 0.357. The number of aromatic nitrogens is 2. The van der Waals surface area contributed by atoms with Crippen LogP contribution in [-0.2, 0) is 6.42 Å². The summed E-state index contributed by atoms with van der Waals surface area (Å²) in [6.45, 7) is 2.70. The molecule has 2 aromatic rings. The number of rotatable bonds is 3. The van der Waals surface area contributed by atoms with Crippen LogP contribution in [0.15, 0.2) is 30.5 Å². The maximum atomic E-state index is 5.55. The van der Waals surface area contributed by atoms with Gasteiger partial charge in [-0.1, -0.05) is 12.1 Å². The Bertz CT molecular complexity index is 598. The third kappa shape index (κ3) is 2.31. The zero-order chi connectivity index (χ0) is 13.2. The molecule has 98 valence electrons. The van der Waals surface area contributed by atoms with Crippen LogP contribution in [0.3, 0.4) is 0 Å². The second-order valence-electron chi connectivity index (χ2n) is 4.72. The lowest BCUT2D eigenvalue weighted by atomic mass is 10.00. The van der Waals surface area contributed by atoms with Crippen LogP contribution in [0.1, 0.15) is 28.7 Å². The topological polar surface area (TPSA) is 47.0 Å². The highest BCUT2D eigenvalue weighted by Gasteiger charge is 2.18. The van der Waals surface area contributed by atoms with Gasteiger partial charge in [-0.15, -0.1) is 0 Å². The number of aryl methyl sites for hydroxylation is 1. The fourth-order valence-electron chi connectivity index (χ4n) is 2.51. The summed E-state index contributed by atoms with van der Waals surface area (Å²) in [6.07, 6.45) is 2.79. The Morgan fingerprint density at radius 1 is 1.32 bits per heavy atom. The number of hydrogen-bond acceptors (Lipinski definition) is 4. The standard InChI is InChI=1S/C15H17N3O/c1-10-17-7-5-13(18-10)15(16-2)12-3-4-14-11(9-12)6-8-19-14/h3-5,7,9,15-16H,6,8H2,1-2H3. The SMILES string of the molecule is CNC(c1ccc2c(c1)CCO2)c1ccnc(C)n1. The van der Waals surface area contributed by atoms with Crippen molar-refractivity contribution in [1.82, 2.24) is 15.3 Å². The van der Waals surface area contributed by atoms with E-state index >= 15 is 0 Å². The highest BCUT2D eigenvalue weighted by atomic mass is 16.5. The van der Waals surface area contributed by atoms with Crippen molar-refractivity contribution in [2.24, 2.45) is 0 Å². The van der Waals surface area contributed by atoms with Crippen LogP contribution in [0.2, 0.25) is 0 Å². The summed E-state index contributed by atoms with van der Waals surface area (Å²) in [7, 11) is 1.95. The van der Waals surface area contributed by atoms with E-state index in [2.05, 4.69) is 33.5 Å². The van der Waals surface area contributed by atoms with Crippen LogP contribution < -0.4 is 10.1 Å². The van der Waals surface area contributed by atoms with Gasteiger partial charge < -0.3 is 10.1 Å². The minimum atomic E-state index is 0.0904. The van der Waals surface area contributed by atoms with E-state index in [1.165, 1.54) is 11.1 Å². The molecule has 0 aliphatic carbocycles.